The smallest absolute Gasteiger partial charge is 0.416 e. The molecular weight excluding hydrogens is 434 g/mol. The fourth-order valence-corrected chi connectivity index (χ4v) is 4.65. The highest BCUT2D eigenvalue weighted by Crippen LogP contribution is 2.52. The summed E-state index contributed by atoms with van der Waals surface area (Å²) in [7, 11) is 0. The summed E-state index contributed by atoms with van der Waals surface area (Å²) in [5.41, 5.74) is 3.00. The van der Waals surface area contributed by atoms with Crippen LogP contribution in [0, 0.1) is 19.7 Å². The molecule has 1 aliphatic carbocycles. The largest absolute Gasteiger partial charge is 0.465 e. The molecule has 0 amide bonds. The Labute approximate surface area is 189 Å². The molecule has 0 saturated carbocycles. The van der Waals surface area contributed by atoms with Crippen molar-refractivity contribution in [1.82, 2.24) is 0 Å². The Kier molecular flexibility index (Phi) is 5.68. The van der Waals surface area contributed by atoms with E-state index in [9.17, 15) is 22.4 Å². The number of hydrogen-bond acceptors (Lipinski definition) is 3. The average Bonchev–Trinajstić information content (AvgIpc) is 2.97. The second-order valence-corrected chi connectivity index (χ2v) is 8.57. The third-order valence-electron chi connectivity index (χ3n) is 6.08. The minimum absolute atomic E-state index is 0.188. The number of alkyl halides is 3. The first kappa shape index (κ1) is 22.8. The van der Waals surface area contributed by atoms with E-state index in [2.05, 4.69) is 5.32 Å². The number of carbonyl (C=O) groups is 1. The highest BCUT2D eigenvalue weighted by atomic mass is 19.4. The Morgan fingerprint density at radius 1 is 0.970 bits per heavy atom. The Bertz CT molecular complexity index is 1220. The fourth-order valence-electron chi connectivity index (χ4n) is 4.65. The van der Waals surface area contributed by atoms with E-state index in [4.69, 9.17) is 4.74 Å². The highest BCUT2D eigenvalue weighted by Gasteiger charge is 2.45. The predicted octanol–water partition coefficient (Wildman–Crippen LogP) is 6.75. The molecule has 2 atom stereocenters. The molecule has 33 heavy (non-hydrogen) atoms. The van der Waals surface area contributed by atoms with Gasteiger partial charge in [-0.05, 0) is 61.2 Å². The van der Waals surface area contributed by atoms with Crippen LogP contribution in [0.15, 0.2) is 54.6 Å². The maximum atomic E-state index is 14.8. The third-order valence-corrected chi connectivity index (χ3v) is 6.08. The molecule has 0 radical (unpaired) electrons. The van der Waals surface area contributed by atoms with Gasteiger partial charge in [-0.2, -0.15) is 13.2 Å². The zero-order chi connectivity index (χ0) is 24.0. The number of benzene rings is 3. The first-order valence-corrected chi connectivity index (χ1v) is 10.5. The van der Waals surface area contributed by atoms with Crippen molar-refractivity contribution in [2.45, 2.75) is 45.0 Å². The summed E-state index contributed by atoms with van der Waals surface area (Å²) < 4.78 is 60.2. The molecule has 0 aromatic heterocycles. The first-order chi connectivity index (χ1) is 15.5. The monoisotopic (exact) mass is 457 g/mol. The molecule has 0 heterocycles. The van der Waals surface area contributed by atoms with E-state index < -0.39 is 29.2 Å². The number of ether oxygens (including phenoxy) is 1. The Morgan fingerprint density at radius 2 is 1.67 bits per heavy atom. The highest BCUT2D eigenvalue weighted by molar-refractivity contribution is 5.83. The van der Waals surface area contributed by atoms with Gasteiger partial charge in [0.05, 0.1) is 16.8 Å². The molecule has 0 spiro atoms. The molecule has 0 bridgehead atoms. The van der Waals surface area contributed by atoms with Crippen molar-refractivity contribution < 1.29 is 27.1 Å². The molecule has 1 N–H and O–H groups in total. The first-order valence-electron chi connectivity index (χ1n) is 10.5. The number of halogens is 4. The minimum atomic E-state index is -4.62. The lowest BCUT2D eigenvalue weighted by atomic mass is 9.81. The van der Waals surface area contributed by atoms with Crippen molar-refractivity contribution in [2.24, 2.45) is 0 Å². The van der Waals surface area contributed by atoms with Gasteiger partial charge >= 0.3 is 6.18 Å². The summed E-state index contributed by atoms with van der Waals surface area (Å²) >= 11 is 0. The van der Waals surface area contributed by atoms with Crippen LogP contribution in [-0.2, 0) is 21.2 Å². The van der Waals surface area contributed by atoms with E-state index >= 15 is 0 Å². The number of nitrogens with one attached hydrogen (secondary N) is 1. The van der Waals surface area contributed by atoms with Crippen LogP contribution < -0.4 is 5.32 Å². The molecule has 3 nitrogen and oxygen atoms in total. The SMILES string of the molecule is Cc1ccc2c(c1)-c1ccc(C)cc1C2(CC(C)OC=O)Nc1cc(C(F)(F)F)ccc1F. The summed E-state index contributed by atoms with van der Waals surface area (Å²) in [4.78, 5) is 11.0. The molecule has 2 unspecified atom stereocenters. The van der Waals surface area contributed by atoms with Crippen LogP contribution in [0.3, 0.4) is 0 Å². The molecule has 0 fully saturated rings. The summed E-state index contributed by atoms with van der Waals surface area (Å²) in [6.07, 6.45) is -5.03. The van der Waals surface area contributed by atoms with Crippen LogP contribution in [0.4, 0.5) is 23.2 Å². The zero-order valence-corrected chi connectivity index (χ0v) is 18.4. The third kappa shape index (κ3) is 4.08. The van der Waals surface area contributed by atoms with Crippen molar-refractivity contribution in [1.29, 1.82) is 0 Å². The van der Waals surface area contributed by atoms with Crippen molar-refractivity contribution in [3.8, 4) is 11.1 Å². The average molecular weight is 457 g/mol. The van der Waals surface area contributed by atoms with E-state index in [-0.39, 0.29) is 12.1 Å². The molecule has 172 valence electrons. The normalized spacial score (nSPS) is 17.8. The van der Waals surface area contributed by atoms with E-state index in [0.29, 0.717) is 6.47 Å². The number of rotatable bonds is 6. The standard InChI is InChI=1S/C26H23F4NO2/c1-15-5-8-21-20(10-15)19-7-4-16(2)11-22(19)25(21,13-17(3)33-14-32)31-24-12-18(26(28,29)30)6-9-23(24)27/h4-12,14,17,31H,13H2,1-3H3. The summed E-state index contributed by atoms with van der Waals surface area (Å²) in [6, 6.07) is 14.0. The van der Waals surface area contributed by atoms with E-state index in [1.54, 1.807) is 6.92 Å². The van der Waals surface area contributed by atoms with E-state index in [1.165, 1.54) is 0 Å². The lowest BCUT2D eigenvalue weighted by Crippen LogP contribution is -2.39. The van der Waals surface area contributed by atoms with Crippen LogP contribution in [0.2, 0.25) is 0 Å². The molecular formula is C26H23F4NO2. The van der Waals surface area contributed by atoms with Crippen LogP contribution in [0.25, 0.3) is 11.1 Å². The van der Waals surface area contributed by atoms with Gasteiger partial charge in [-0.15, -0.1) is 0 Å². The lowest BCUT2D eigenvalue weighted by Gasteiger charge is -2.36. The molecule has 1 aliphatic rings. The maximum absolute atomic E-state index is 14.8. The van der Waals surface area contributed by atoms with Gasteiger partial charge in [-0.3, -0.25) is 4.79 Å². The van der Waals surface area contributed by atoms with Crippen LogP contribution in [-0.4, -0.2) is 12.6 Å². The van der Waals surface area contributed by atoms with Crippen molar-refractivity contribution >= 4 is 12.2 Å². The second kappa shape index (κ2) is 8.21. The van der Waals surface area contributed by atoms with Gasteiger partial charge in [0.1, 0.15) is 11.9 Å². The van der Waals surface area contributed by atoms with E-state index in [0.717, 1.165) is 51.6 Å². The Balaban J connectivity index is 1.97. The van der Waals surface area contributed by atoms with E-state index in [1.807, 2.05) is 50.2 Å². The van der Waals surface area contributed by atoms with Crippen molar-refractivity contribution in [2.75, 3.05) is 5.32 Å². The molecule has 3 aromatic carbocycles. The van der Waals surface area contributed by atoms with Crippen molar-refractivity contribution in [3.05, 3.63) is 88.2 Å². The molecule has 4 rings (SSSR count). The number of aryl methyl sites for hydroxylation is 2. The maximum Gasteiger partial charge on any atom is 0.416 e. The summed E-state index contributed by atoms with van der Waals surface area (Å²) in [5.74, 6) is -0.805. The molecule has 3 aromatic rings. The van der Waals surface area contributed by atoms with Gasteiger partial charge in [0, 0.05) is 6.42 Å². The number of hydrogen-bond donors (Lipinski definition) is 1. The van der Waals surface area contributed by atoms with Crippen molar-refractivity contribution in [3.63, 3.8) is 0 Å². The lowest BCUT2D eigenvalue weighted by molar-refractivity contribution is -0.137. The van der Waals surface area contributed by atoms with Crippen LogP contribution in [0.1, 0.15) is 41.2 Å². The zero-order valence-electron chi connectivity index (χ0n) is 18.4. The van der Waals surface area contributed by atoms with Gasteiger partial charge in [-0.25, -0.2) is 4.39 Å². The summed E-state index contributed by atoms with van der Waals surface area (Å²) in [6.45, 7) is 5.90. The fraction of sp³-hybridized carbons (Fsp3) is 0.269. The summed E-state index contributed by atoms with van der Waals surface area (Å²) in [5, 5.41) is 3.11. The van der Waals surface area contributed by atoms with Gasteiger partial charge in [0.25, 0.3) is 6.47 Å². The quantitative estimate of drug-likeness (QED) is 0.329. The second-order valence-electron chi connectivity index (χ2n) is 8.57. The molecule has 0 aliphatic heterocycles. The number of anilines is 1. The number of carbonyl (C=O) groups excluding carboxylic acids is 1. The van der Waals surface area contributed by atoms with Gasteiger partial charge in [0.2, 0.25) is 0 Å². The Morgan fingerprint density at radius 3 is 2.36 bits per heavy atom. The Hall–Kier alpha value is -3.35. The minimum Gasteiger partial charge on any atom is -0.465 e. The van der Waals surface area contributed by atoms with Crippen LogP contribution in [0.5, 0.6) is 0 Å². The van der Waals surface area contributed by atoms with Gasteiger partial charge in [0.15, 0.2) is 0 Å². The molecule has 0 saturated heterocycles. The van der Waals surface area contributed by atoms with Gasteiger partial charge in [-0.1, -0.05) is 47.5 Å². The number of fused-ring (bicyclic) bond motifs is 3. The molecule has 7 heteroatoms. The van der Waals surface area contributed by atoms with Crippen LogP contribution >= 0.6 is 0 Å². The predicted molar refractivity (Wildman–Crippen MR) is 118 cm³/mol. The van der Waals surface area contributed by atoms with Gasteiger partial charge < -0.3 is 10.1 Å². The topological polar surface area (TPSA) is 38.3 Å².